The Balaban J connectivity index is 1.91. The highest BCUT2D eigenvalue weighted by molar-refractivity contribution is 7.89. The molecular weight excluding hydrogens is 298 g/mol. The molecule has 0 aliphatic carbocycles. The van der Waals surface area contributed by atoms with Crippen LogP contribution in [0.1, 0.15) is 18.7 Å². The largest absolute Gasteiger partial charge is 0.392 e. The molecule has 1 aliphatic rings. The number of thiocarbonyl (C=S) groups is 1. The van der Waals surface area contributed by atoms with Gasteiger partial charge in [0.15, 0.2) is 5.03 Å². The summed E-state index contributed by atoms with van der Waals surface area (Å²) in [5.74, 6) is 0.580. The standard InChI is InChI=1S/C11H19N5O2S2/c1-8-13-6-11(14-8)20(17,18)15-9-2-4-16(5-3-9)7-10(12)19/h6,9,15H,2-5,7H2,1H3,(H2,12,19)(H,13,14). The van der Waals surface area contributed by atoms with Crippen molar-refractivity contribution in [1.82, 2.24) is 19.6 Å². The number of hydrogen-bond acceptors (Lipinski definition) is 5. The highest BCUT2D eigenvalue weighted by atomic mass is 32.2. The van der Waals surface area contributed by atoms with Gasteiger partial charge in [0.05, 0.1) is 11.2 Å². The first-order valence-electron chi connectivity index (χ1n) is 6.41. The molecule has 0 bridgehead atoms. The summed E-state index contributed by atoms with van der Waals surface area (Å²) in [6.45, 7) is 3.88. The topological polar surface area (TPSA) is 104 Å². The number of aryl methyl sites for hydroxylation is 1. The van der Waals surface area contributed by atoms with Crippen LogP contribution in [0.15, 0.2) is 11.2 Å². The smallest absolute Gasteiger partial charge is 0.257 e. The molecule has 2 heterocycles. The third-order valence-corrected chi connectivity index (χ3v) is 4.82. The number of sulfonamides is 1. The Hall–Kier alpha value is -1.03. The highest BCUT2D eigenvalue weighted by Crippen LogP contribution is 2.13. The average molecular weight is 317 g/mol. The van der Waals surface area contributed by atoms with Crippen molar-refractivity contribution in [1.29, 1.82) is 0 Å². The zero-order valence-corrected chi connectivity index (χ0v) is 12.9. The molecule has 1 aliphatic heterocycles. The average Bonchev–Trinajstić information content (AvgIpc) is 2.78. The van der Waals surface area contributed by atoms with Gasteiger partial charge in [0, 0.05) is 25.7 Å². The Bertz CT molecular complexity index is 575. The van der Waals surface area contributed by atoms with E-state index in [2.05, 4.69) is 19.6 Å². The van der Waals surface area contributed by atoms with E-state index in [0.717, 1.165) is 25.9 Å². The van der Waals surface area contributed by atoms with Gasteiger partial charge in [0.2, 0.25) is 0 Å². The molecule has 1 aromatic heterocycles. The molecule has 9 heteroatoms. The van der Waals surface area contributed by atoms with Crippen molar-refractivity contribution in [3.63, 3.8) is 0 Å². The van der Waals surface area contributed by atoms with Crippen LogP contribution in [-0.4, -0.2) is 54.0 Å². The van der Waals surface area contributed by atoms with Gasteiger partial charge in [-0.3, -0.25) is 4.90 Å². The van der Waals surface area contributed by atoms with Gasteiger partial charge in [-0.2, -0.15) is 0 Å². The van der Waals surface area contributed by atoms with E-state index >= 15 is 0 Å². The summed E-state index contributed by atoms with van der Waals surface area (Å²) in [6, 6.07) is -0.0637. The summed E-state index contributed by atoms with van der Waals surface area (Å²) in [5.41, 5.74) is 5.51. The predicted octanol–water partition coefficient (Wildman–Crippen LogP) is -0.253. The summed E-state index contributed by atoms with van der Waals surface area (Å²) < 4.78 is 27.0. The molecule has 0 aromatic carbocycles. The molecule has 20 heavy (non-hydrogen) atoms. The third kappa shape index (κ3) is 3.98. The van der Waals surface area contributed by atoms with Crippen LogP contribution in [0.25, 0.3) is 0 Å². The number of nitrogens with one attached hydrogen (secondary N) is 2. The monoisotopic (exact) mass is 317 g/mol. The van der Waals surface area contributed by atoms with Crippen LogP contribution in [0.3, 0.4) is 0 Å². The number of H-pyrrole nitrogens is 1. The molecule has 4 N–H and O–H groups in total. The molecule has 7 nitrogen and oxygen atoms in total. The van der Waals surface area contributed by atoms with E-state index in [1.165, 1.54) is 6.20 Å². The molecule has 1 aromatic rings. The second kappa shape index (κ2) is 6.17. The summed E-state index contributed by atoms with van der Waals surface area (Å²) in [6.07, 6.45) is 2.82. The molecular formula is C11H19N5O2S2. The van der Waals surface area contributed by atoms with Crippen LogP contribution in [0.2, 0.25) is 0 Å². The first kappa shape index (κ1) is 15.4. The normalized spacial score (nSPS) is 18.2. The third-order valence-electron chi connectivity index (χ3n) is 3.26. The van der Waals surface area contributed by atoms with Crippen LogP contribution in [0, 0.1) is 6.92 Å². The maximum Gasteiger partial charge on any atom is 0.257 e. The second-order valence-corrected chi connectivity index (χ2v) is 7.18. The van der Waals surface area contributed by atoms with E-state index in [1.54, 1.807) is 6.92 Å². The quantitative estimate of drug-likeness (QED) is 0.647. The lowest BCUT2D eigenvalue weighted by Crippen LogP contribution is -2.46. The van der Waals surface area contributed by atoms with Gasteiger partial charge >= 0.3 is 0 Å². The van der Waals surface area contributed by atoms with Crippen LogP contribution in [0.4, 0.5) is 0 Å². The molecule has 1 fully saturated rings. The summed E-state index contributed by atoms with van der Waals surface area (Å²) in [4.78, 5) is 9.25. The van der Waals surface area contributed by atoms with Gasteiger partial charge < -0.3 is 10.7 Å². The van der Waals surface area contributed by atoms with Crippen LogP contribution in [0.5, 0.6) is 0 Å². The van der Waals surface area contributed by atoms with Crippen molar-refractivity contribution in [2.75, 3.05) is 19.6 Å². The van der Waals surface area contributed by atoms with E-state index in [1.807, 2.05) is 0 Å². The minimum atomic E-state index is -3.52. The minimum Gasteiger partial charge on any atom is -0.392 e. The molecule has 112 valence electrons. The number of aromatic amines is 1. The number of likely N-dealkylation sites (tertiary alicyclic amines) is 1. The zero-order valence-electron chi connectivity index (χ0n) is 11.3. The molecule has 0 unspecified atom stereocenters. The van der Waals surface area contributed by atoms with Gasteiger partial charge in [-0.05, 0) is 19.8 Å². The van der Waals surface area contributed by atoms with E-state index in [4.69, 9.17) is 18.0 Å². The van der Waals surface area contributed by atoms with E-state index in [-0.39, 0.29) is 11.1 Å². The number of rotatable bonds is 5. The number of imidazole rings is 1. The SMILES string of the molecule is Cc1ncc(S(=O)(=O)NC2CCN(CC(N)=S)CC2)[nH]1. The number of piperidine rings is 1. The fourth-order valence-electron chi connectivity index (χ4n) is 2.25. The minimum absolute atomic E-state index is 0.0637. The second-order valence-electron chi connectivity index (χ2n) is 4.97. The van der Waals surface area contributed by atoms with Crippen molar-refractivity contribution in [2.45, 2.75) is 30.8 Å². The van der Waals surface area contributed by atoms with Crippen LogP contribution < -0.4 is 10.5 Å². The number of aromatic nitrogens is 2. The van der Waals surface area contributed by atoms with E-state index in [0.29, 0.717) is 17.4 Å². The summed E-state index contributed by atoms with van der Waals surface area (Å²) in [5, 5.41) is 0.112. The Morgan fingerprint density at radius 3 is 2.75 bits per heavy atom. The summed E-state index contributed by atoms with van der Waals surface area (Å²) in [7, 11) is -3.52. The number of nitrogens with zero attached hydrogens (tertiary/aromatic N) is 2. The maximum atomic E-state index is 12.1. The molecule has 0 amide bonds. The number of hydrogen-bond donors (Lipinski definition) is 3. The number of nitrogens with two attached hydrogens (primary N) is 1. The lowest BCUT2D eigenvalue weighted by molar-refractivity contribution is 0.232. The van der Waals surface area contributed by atoms with Crippen molar-refractivity contribution >= 4 is 27.2 Å². The Morgan fingerprint density at radius 1 is 1.60 bits per heavy atom. The van der Waals surface area contributed by atoms with E-state index in [9.17, 15) is 8.42 Å². The molecule has 0 saturated carbocycles. The van der Waals surface area contributed by atoms with Crippen molar-refractivity contribution in [2.24, 2.45) is 5.73 Å². The van der Waals surface area contributed by atoms with Gasteiger partial charge in [0.1, 0.15) is 5.82 Å². The van der Waals surface area contributed by atoms with Gasteiger partial charge in [-0.25, -0.2) is 18.1 Å². The first-order chi connectivity index (χ1) is 9.37. The predicted molar refractivity (Wildman–Crippen MR) is 79.9 cm³/mol. The zero-order chi connectivity index (χ0) is 14.8. The van der Waals surface area contributed by atoms with Crippen molar-refractivity contribution in [3.05, 3.63) is 12.0 Å². The van der Waals surface area contributed by atoms with Gasteiger partial charge in [0.25, 0.3) is 10.0 Å². The van der Waals surface area contributed by atoms with Crippen LogP contribution >= 0.6 is 12.2 Å². The fraction of sp³-hybridized carbons (Fsp3) is 0.636. The van der Waals surface area contributed by atoms with Gasteiger partial charge in [-0.15, -0.1) is 0 Å². The lowest BCUT2D eigenvalue weighted by Gasteiger charge is -2.31. The molecule has 0 spiro atoms. The Morgan fingerprint density at radius 2 is 2.25 bits per heavy atom. The molecule has 0 radical (unpaired) electrons. The van der Waals surface area contributed by atoms with Crippen molar-refractivity contribution in [3.8, 4) is 0 Å². The Labute approximate surface area is 124 Å². The highest BCUT2D eigenvalue weighted by Gasteiger charge is 2.25. The van der Waals surface area contributed by atoms with Gasteiger partial charge in [-0.1, -0.05) is 12.2 Å². The van der Waals surface area contributed by atoms with Crippen LogP contribution in [-0.2, 0) is 10.0 Å². The molecule has 0 atom stereocenters. The fourth-order valence-corrected chi connectivity index (χ4v) is 3.70. The lowest BCUT2D eigenvalue weighted by atomic mass is 10.1. The first-order valence-corrected chi connectivity index (χ1v) is 8.30. The molecule has 1 saturated heterocycles. The summed E-state index contributed by atoms with van der Waals surface area (Å²) >= 11 is 4.87. The van der Waals surface area contributed by atoms with E-state index < -0.39 is 10.0 Å². The maximum absolute atomic E-state index is 12.1. The molecule has 2 rings (SSSR count). The Kier molecular flexibility index (Phi) is 4.74. The van der Waals surface area contributed by atoms with Crippen molar-refractivity contribution < 1.29 is 8.42 Å².